The molecular weight excluding hydrogens is 559 g/mol. The normalized spacial score (nSPS) is 18.8. The molecule has 0 radical (unpaired) electrons. The van der Waals surface area contributed by atoms with Crippen molar-refractivity contribution in [2.24, 2.45) is 0 Å². The Hall–Kier alpha value is -1.96. The predicted octanol–water partition coefficient (Wildman–Crippen LogP) is -8.00. The Morgan fingerprint density at radius 1 is 0.694 bits per heavy atom. The van der Waals surface area contributed by atoms with Crippen LogP contribution in [0.2, 0.25) is 0 Å². The van der Waals surface area contributed by atoms with Crippen molar-refractivity contribution in [1.29, 1.82) is 0 Å². The third-order valence-corrected chi connectivity index (χ3v) is 6.90. The van der Waals surface area contributed by atoms with E-state index in [0.717, 1.165) is 12.1 Å². The van der Waals surface area contributed by atoms with Crippen LogP contribution in [0.25, 0.3) is 0 Å². The molecule has 1 aromatic carbocycles. The molecule has 17 nitrogen and oxygen atoms in total. The summed E-state index contributed by atoms with van der Waals surface area (Å²) in [6.07, 6.45) is -17.7. The van der Waals surface area contributed by atoms with E-state index in [0.29, 0.717) is 6.07 Å². The summed E-state index contributed by atoms with van der Waals surface area (Å²) in [5.74, 6) is -2.95. The molecule has 0 aromatic heterocycles. The predicted molar refractivity (Wildman–Crippen MR) is 116 cm³/mol. The number of hydrogen-bond donors (Lipinski definition) is 14. The summed E-state index contributed by atoms with van der Waals surface area (Å²) in [6.45, 7) is -2.06. The number of carbonyl (C=O) groups excluding carboxylic acids is 2. The molecule has 1 aromatic rings. The van der Waals surface area contributed by atoms with Crippen LogP contribution >= 0.6 is 0 Å². The fourth-order valence-electron chi connectivity index (χ4n) is 2.69. The first-order chi connectivity index (χ1) is 16.6. The molecule has 0 aliphatic rings. The molecular formula is C18H29AsN2O15. The quantitative estimate of drug-likeness (QED) is 0.0952. The molecule has 36 heavy (non-hydrogen) atoms. The van der Waals surface area contributed by atoms with Gasteiger partial charge in [-0.3, -0.25) is 0 Å². The van der Waals surface area contributed by atoms with Gasteiger partial charge in [0.1, 0.15) is 0 Å². The SMILES string of the molecule is O=C(Nc1ccc([As](=O)(O)O)cc1NC(=O)[C@H](O)[C@@H](O)[C@H](O)[C@H](O)CO)[C@H](O)[C@@H](O)[C@H](O)[C@H](O)CO. The molecule has 0 spiro atoms. The second-order valence-electron chi connectivity index (χ2n) is 7.60. The number of aliphatic hydroxyl groups is 10. The van der Waals surface area contributed by atoms with Crippen LogP contribution in [0.3, 0.4) is 0 Å². The zero-order chi connectivity index (χ0) is 28.0. The van der Waals surface area contributed by atoms with Gasteiger partial charge in [0.05, 0.1) is 0 Å². The minimum absolute atomic E-state index is 0.470. The van der Waals surface area contributed by atoms with E-state index in [9.17, 15) is 62.4 Å². The van der Waals surface area contributed by atoms with E-state index in [1.165, 1.54) is 0 Å². The monoisotopic (exact) mass is 588 g/mol. The van der Waals surface area contributed by atoms with Crippen LogP contribution in [0.15, 0.2) is 18.2 Å². The number of benzene rings is 1. The van der Waals surface area contributed by atoms with Gasteiger partial charge in [0, 0.05) is 0 Å². The Kier molecular flexibility index (Phi) is 12.1. The van der Waals surface area contributed by atoms with E-state index in [-0.39, 0.29) is 0 Å². The topological polar surface area (TPSA) is 318 Å². The van der Waals surface area contributed by atoms with Gasteiger partial charge in [0.2, 0.25) is 0 Å². The molecule has 8 atom stereocenters. The fourth-order valence-corrected chi connectivity index (χ4v) is 3.88. The molecule has 0 heterocycles. The zero-order valence-electron chi connectivity index (χ0n) is 18.3. The summed E-state index contributed by atoms with van der Waals surface area (Å²) in [7, 11) is 0. The molecule has 0 bridgehead atoms. The number of amides is 2. The van der Waals surface area contributed by atoms with Gasteiger partial charge in [-0.1, -0.05) is 0 Å². The summed E-state index contributed by atoms with van der Waals surface area (Å²) in [4.78, 5) is 24.7. The first kappa shape index (κ1) is 32.1. The molecule has 2 amide bonds. The van der Waals surface area contributed by atoms with Crippen molar-refractivity contribution in [3.8, 4) is 0 Å². The molecule has 0 aliphatic carbocycles. The van der Waals surface area contributed by atoms with E-state index in [1.807, 2.05) is 10.6 Å². The van der Waals surface area contributed by atoms with Crippen molar-refractivity contribution in [2.45, 2.75) is 48.8 Å². The number of rotatable bonds is 13. The molecule has 0 unspecified atom stereocenters. The second-order valence-corrected chi connectivity index (χ2v) is 11.0. The van der Waals surface area contributed by atoms with Crippen LogP contribution in [-0.2, 0) is 13.3 Å². The number of hydrogen-bond acceptors (Lipinski definition) is 13. The first-order valence-corrected chi connectivity index (χ1v) is 13.4. The van der Waals surface area contributed by atoms with Gasteiger partial charge < -0.3 is 0 Å². The van der Waals surface area contributed by atoms with E-state index in [4.69, 9.17) is 10.2 Å². The molecule has 0 aliphatic heterocycles. The summed E-state index contributed by atoms with van der Waals surface area (Å²) in [5.41, 5.74) is -1.07. The molecule has 1 rings (SSSR count). The molecule has 0 saturated heterocycles. The van der Waals surface area contributed by atoms with Gasteiger partial charge >= 0.3 is 205 Å². The maximum absolute atomic E-state index is 12.4. The Morgan fingerprint density at radius 3 is 1.44 bits per heavy atom. The summed E-state index contributed by atoms with van der Waals surface area (Å²) < 4.78 is 29.9. The van der Waals surface area contributed by atoms with Gasteiger partial charge in [0.25, 0.3) is 0 Å². The number of nitrogens with one attached hydrogen (secondary N) is 2. The van der Waals surface area contributed by atoms with Gasteiger partial charge in [-0.05, 0) is 0 Å². The van der Waals surface area contributed by atoms with Crippen molar-refractivity contribution >= 4 is 41.7 Å². The molecule has 206 valence electrons. The third-order valence-electron chi connectivity index (χ3n) is 4.90. The molecule has 0 fully saturated rings. The van der Waals surface area contributed by atoms with Crippen LogP contribution < -0.4 is 15.0 Å². The van der Waals surface area contributed by atoms with Crippen LogP contribution in [0.5, 0.6) is 0 Å². The maximum atomic E-state index is 12.4. The van der Waals surface area contributed by atoms with Crippen molar-refractivity contribution in [1.82, 2.24) is 0 Å². The Morgan fingerprint density at radius 2 is 1.08 bits per heavy atom. The summed E-state index contributed by atoms with van der Waals surface area (Å²) >= 11 is -5.60. The number of aliphatic hydroxyl groups excluding tert-OH is 10. The Labute approximate surface area is 205 Å². The van der Waals surface area contributed by atoms with Crippen molar-refractivity contribution in [2.75, 3.05) is 23.8 Å². The summed E-state index contributed by atoms with van der Waals surface area (Å²) in [5, 5.41) is 99.0. The standard InChI is InChI=1S/C18H29AsN2O15/c22-4-9(24)11(26)13(28)15(30)17(32)20-7-2-1-6(19(34,35)36)3-8(7)21-18(33)16(31)14(29)12(27)10(25)5-23/h1-3,9-16,22-31H,4-5H2,(H,20,32)(H,21,33)(H2,34,35,36)/t9-,10-,11-,12-,13+,14+,15-,16-/m1/s1. The van der Waals surface area contributed by atoms with E-state index >= 15 is 0 Å². The zero-order valence-corrected chi connectivity index (χ0v) is 20.2. The van der Waals surface area contributed by atoms with Gasteiger partial charge in [0.15, 0.2) is 0 Å². The van der Waals surface area contributed by atoms with Crippen LogP contribution in [0.4, 0.5) is 11.4 Å². The third kappa shape index (κ3) is 8.28. The Balaban J connectivity index is 3.22. The summed E-state index contributed by atoms with van der Waals surface area (Å²) in [6, 6.07) is 2.37. The van der Waals surface area contributed by atoms with Crippen molar-refractivity contribution < 1.29 is 72.6 Å². The Bertz CT molecular complexity index is 943. The number of anilines is 2. The molecule has 18 heteroatoms. The fraction of sp³-hybridized carbons (Fsp3) is 0.556. The number of carbonyl (C=O) groups is 2. The van der Waals surface area contributed by atoms with Gasteiger partial charge in [-0.15, -0.1) is 0 Å². The minimum atomic E-state index is -5.60. The van der Waals surface area contributed by atoms with Gasteiger partial charge in [-0.25, -0.2) is 0 Å². The van der Waals surface area contributed by atoms with Crippen LogP contribution in [0.1, 0.15) is 0 Å². The van der Waals surface area contributed by atoms with Crippen LogP contribution in [-0.4, -0.2) is 147 Å². The average Bonchev–Trinajstić information content (AvgIpc) is 2.84. The second kappa shape index (κ2) is 13.5. The molecule has 0 saturated carbocycles. The van der Waals surface area contributed by atoms with E-state index in [1.54, 1.807) is 0 Å². The van der Waals surface area contributed by atoms with E-state index < -0.39 is 104 Å². The van der Waals surface area contributed by atoms with Crippen molar-refractivity contribution in [3.63, 3.8) is 0 Å². The van der Waals surface area contributed by atoms with Crippen molar-refractivity contribution in [3.05, 3.63) is 18.2 Å². The molecule has 14 N–H and O–H groups in total. The van der Waals surface area contributed by atoms with Gasteiger partial charge in [-0.2, -0.15) is 0 Å². The first-order valence-electron chi connectivity index (χ1n) is 10.0. The van der Waals surface area contributed by atoms with Crippen LogP contribution in [0, 0.1) is 0 Å². The average molecular weight is 588 g/mol. The van der Waals surface area contributed by atoms with E-state index in [2.05, 4.69) is 0 Å².